The van der Waals surface area contributed by atoms with Crippen LogP contribution in [0.1, 0.15) is 129 Å². The van der Waals surface area contributed by atoms with E-state index in [4.69, 9.17) is 0 Å². The number of ketones is 1. The van der Waals surface area contributed by atoms with Crippen molar-refractivity contribution in [3.05, 3.63) is 0 Å². The summed E-state index contributed by atoms with van der Waals surface area (Å²) in [6.07, 6.45) is 24.0. The van der Waals surface area contributed by atoms with Crippen molar-refractivity contribution in [2.24, 2.45) is 11.8 Å². The quantitative estimate of drug-likeness (QED) is 0.233. The lowest BCUT2D eigenvalue weighted by Gasteiger charge is -2.03. The van der Waals surface area contributed by atoms with Crippen LogP contribution in [0.5, 0.6) is 0 Å². The van der Waals surface area contributed by atoms with Crippen molar-refractivity contribution in [1.82, 2.24) is 0 Å². The normalized spacial score (nSPS) is 19.6. The molecule has 142 valence electrons. The molecule has 2 atom stereocenters. The summed E-state index contributed by atoms with van der Waals surface area (Å²) in [4.78, 5) is 12.0. The summed E-state index contributed by atoms with van der Waals surface area (Å²) in [6, 6.07) is 0. The van der Waals surface area contributed by atoms with Crippen molar-refractivity contribution in [2.75, 3.05) is 0 Å². The van der Waals surface area contributed by atoms with E-state index >= 15 is 0 Å². The van der Waals surface area contributed by atoms with Gasteiger partial charge in [-0.25, -0.2) is 0 Å². The van der Waals surface area contributed by atoms with Gasteiger partial charge < -0.3 is 0 Å². The van der Waals surface area contributed by atoms with Crippen molar-refractivity contribution in [3.63, 3.8) is 0 Å². The first kappa shape index (κ1) is 21.7. The van der Waals surface area contributed by atoms with Gasteiger partial charge in [0.25, 0.3) is 0 Å². The molecule has 1 fully saturated rings. The van der Waals surface area contributed by atoms with Gasteiger partial charge in [-0.1, -0.05) is 104 Å². The number of Topliss-reactive ketones (excluding diaryl/α,β-unsaturated/α-hetero) is 1. The molecule has 1 aliphatic rings. The largest absolute Gasteiger partial charge is 0.299 e. The SMILES string of the molecule is CCCCCCCCCCCCCC[C@@H]1C[C@@H]1C(=O)CCCCC. The van der Waals surface area contributed by atoms with Gasteiger partial charge in [-0.2, -0.15) is 0 Å². The van der Waals surface area contributed by atoms with Gasteiger partial charge in [0.05, 0.1) is 0 Å². The summed E-state index contributed by atoms with van der Waals surface area (Å²) in [5.74, 6) is 1.81. The zero-order valence-electron chi connectivity index (χ0n) is 16.8. The Labute approximate surface area is 152 Å². The number of unbranched alkanes of at least 4 members (excludes halogenated alkanes) is 13. The Morgan fingerprint density at radius 3 is 1.67 bits per heavy atom. The minimum Gasteiger partial charge on any atom is -0.299 e. The summed E-state index contributed by atoms with van der Waals surface area (Å²) in [5.41, 5.74) is 0. The molecule has 0 aromatic heterocycles. The maximum atomic E-state index is 12.0. The van der Waals surface area contributed by atoms with Crippen molar-refractivity contribution >= 4 is 5.78 Å². The van der Waals surface area contributed by atoms with Gasteiger partial charge in [0.2, 0.25) is 0 Å². The van der Waals surface area contributed by atoms with Crippen molar-refractivity contribution < 1.29 is 4.79 Å². The average Bonchev–Trinajstić information content (AvgIpc) is 3.36. The van der Waals surface area contributed by atoms with Crippen LogP contribution in [-0.2, 0) is 4.79 Å². The highest BCUT2D eigenvalue weighted by molar-refractivity contribution is 5.83. The fourth-order valence-electron chi connectivity index (χ4n) is 3.94. The van der Waals surface area contributed by atoms with E-state index in [0.29, 0.717) is 11.7 Å². The van der Waals surface area contributed by atoms with E-state index in [1.807, 2.05) is 0 Å². The van der Waals surface area contributed by atoms with Crippen LogP contribution in [0.3, 0.4) is 0 Å². The van der Waals surface area contributed by atoms with Gasteiger partial charge in [0.1, 0.15) is 5.78 Å². The molecule has 0 N–H and O–H groups in total. The maximum Gasteiger partial charge on any atom is 0.136 e. The molecule has 0 amide bonds. The second kappa shape index (κ2) is 15.0. The first-order valence-electron chi connectivity index (χ1n) is 11.3. The number of carbonyl (C=O) groups excluding carboxylic acids is 1. The summed E-state index contributed by atoms with van der Waals surface area (Å²) in [7, 11) is 0. The van der Waals surface area contributed by atoms with E-state index in [9.17, 15) is 4.79 Å². The fraction of sp³-hybridized carbons (Fsp3) is 0.957. The highest BCUT2D eigenvalue weighted by Gasteiger charge is 2.40. The summed E-state index contributed by atoms with van der Waals surface area (Å²) >= 11 is 0. The van der Waals surface area contributed by atoms with E-state index in [0.717, 1.165) is 18.8 Å². The van der Waals surface area contributed by atoms with Crippen LogP contribution in [0.15, 0.2) is 0 Å². The van der Waals surface area contributed by atoms with Gasteiger partial charge in [-0.3, -0.25) is 4.79 Å². The molecule has 0 heterocycles. The molecule has 0 aliphatic heterocycles. The molecular formula is C23H44O. The lowest BCUT2D eigenvalue weighted by Crippen LogP contribution is -2.02. The van der Waals surface area contributed by atoms with Crippen LogP contribution in [0.2, 0.25) is 0 Å². The molecule has 24 heavy (non-hydrogen) atoms. The van der Waals surface area contributed by atoms with Gasteiger partial charge in [-0.15, -0.1) is 0 Å². The van der Waals surface area contributed by atoms with E-state index in [2.05, 4.69) is 13.8 Å². The Bertz CT molecular complexity index is 296. The van der Waals surface area contributed by atoms with Crippen molar-refractivity contribution in [2.45, 2.75) is 129 Å². The van der Waals surface area contributed by atoms with Crippen LogP contribution in [-0.4, -0.2) is 5.78 Å². The third-order valence-electron chi connectivity index (χ3n) is 5.79. The maximum absolute atomic E-state index is 12.0. The Hall–Kier alpha value is -0.330. The summed E-state index contributed by atoms with van der Waals surface area (Å²) in [5, 5.41) is 0. The number of carbonyl (C=O) groups is 1. The fourth-order valence-corrected chi connectivity index (χ4v) is 3.94. The van der Waals surface area contributed by atoms with E-state index in [1.165, 1.54) is 103 Å². The Balaban J connectivity index is 1.78. The third-order valence-corrected chi connectivity index (χ3v) is 5.79. The van der Waals surface area contributed by atoms with Crippen LogP contribution >= 0.6 is 0 Å². The van der Waals surface area contributed by atoms with Crippen molar-refractivity contribution in [3.8, 4) is 0 Å². The topological polar surface area (TPSA) is 17.1 Å². The highest BCUT2D eigenvalue weighted by atomic mass is 16.1. The van der Waals surface area contributed by atoms with Gasteiger partial charge in [0.15, 0.2) is 0 Å². The van der Waals surface area contributed by atoms with Gasteiger partial charge in [-0.05, 0) is 25.2 Å². The third kappa shape index (κ3) is 11.3. The zero-order valence-corrected chi connectivity index (χ0v) is 16.8. The van der Waals surface area contributed by atoms with Crippen LogP contribution in [0.25, 0.3) is 0 Å². The molecule has 0 aromatic carbocycles. The smallest absolute Gasteiger partial charge is 0.136 e. The first-order chi connectivity index (χ1) is 11.8. The Morgan fingerprint density at radius 1 is 0.667 bits per heavy atom. The van der Waals surface area contributed by atoms with Crippen LogP contribution < -0.4 is 0 Å². The molecule has 0 aromatic rings. The molecule has 0 radical (unpaired) electrons. The Morgan fingerprint density at radius 2 is 1.12 bits per heavy atom. The number of rotatable bonds is 18. The predicted octanol–water partition coefficient (Wildman–Crippen LogP) is 7.86. The van der Waals surface area contributed by atoms with Gasteiger partial charge in [0, 0.05) is 12.3 Å². The average molecular weight is 337 g/mol. The molecular weight excluding hydrogens is 292 g/mol. The van der Waals surface area contributed by atoms with E-state index < -0.39 is 0 Å². The molecule has 1 heteroatoms. The second-order valence-electron chi connectivity index (χ2n) is 8.20. The summed E-state index contributed by atoms with van der Waals surface area (Å²) in [6.45, 7) is 4.49. The molecule has 0 unspecified atom stereocenters. The van der Waals surface area contributed by atoms with Crippen molar-refractivity contribution in [1.29, 1.82) is 0 Å². The lowest BCUT2D eigenvalue weighted by atomic mass is 10.0. The van der Waals surface area contributed by atoms with Gasteiger partial charge >= 0.3 is 0 Å². The molecule has 1 nitrogen and oxygen atoms in total. The molecule has 0 bridgehead atoms. The van der Waals surface area contributed by atoms with E-state index in [-0.39, 0.29) is 0 Å². The summed E-state index contributed by atoms with van der Waals surface area (Å²) < 4.78 is 0. The zero-order chi connectivity index (χ0) is 17.5. The Kier molecular flexibility index (Phi) is 13.5. The molecule has 1 aliphatic carbocycles. The monoisotopic (exact) mass is 336 g/mol. The van der Waals surface area contributed by atoms with Crippen LogP contribution in [0, 0.1) is 11.8 Å². The first-order valence-corrected chi connectivity index (χ1v) is 11.3. The minimum atomic E-state index is 0.467. The van der Waals surface area contributed by atoms with Crippen LogP contribution in [0.4, 0.5) is 0 Å². The minimum absolute atomic E-state index is 0.467. The molecule has 1 rings (SSSR count). The molecule has 0 saturated heterocycles. The highest BCUT2D eigenvalue weighted by Crippen LogP contribution is 2.44. The van der Waals surface area contributed by atoms with E-state index in [1.54, 1.807) is 0 Å². The number of hydrogen-bond donors (Lipinski definition) is 0. The standard InChI is InChI=1S/C23H44O/c1-3-5-7-8-9-10-11-12-13-14-15-17-18-21-20-22(21)23(24)19-16-6-4-2/h21-22H,3-20H2,1-2H3/t21-,22+/m1/s1. The molecule has 0 spiro atoms. The lowest BCUT2D eigenvalue weighted by molar-refractivity contribution is -0.120. The second-order valence-corrected chi connectivity index (χ2v) is 8.20. The molecule has 1 saturated carbocycles. The number of hydrogen-bond acceptors (Lipinski definition) is 1. The predicted molar refractivity (Wildman–Crippen MR) is 106 cm³/mol.